The number of aromatic nitrogens is 1. The van der Waals surface area contributed by atoms with E-state index in [1.807, 2.05) is 0 Å². The van der Waals surface area contributed by atoms with E-state index in [1.54, 1.807) is 51.1 Å². The summed E-state index contributed by atoms with van der Waals surface area (Å²) in [5, 5.41) is 2.69. The molecule has 3 rings (SSSR count). The summed E-state index contributed by atoms with van der Waals surface area (Å²) in [4.78, 5) is 28.0. The van der Waals surface area contributed by atoms with E-state index in [-0.39, 0.29) is 16.3 Å². The second kappa shape index (κ2) is 9.39. The number of nitrogens with one attached hydrogen (secondary N) is 2. The summed E-state index contributed by atoms with van der Waals surface area (Å²) in [5.41, 5.74) is 5.65. The molecule has 0 spiro atoms. The Labute approximate surface area is 192 Å². The summed E-state index contributed by atoms with van der Waals surface area (Å²) >= 11 is 0. The van der Waals surface area contributed by atoms with Crippen molar-refractivity contribution in [2.75, 3.05) is 5.32 Å². The van der Waals surface area contributed by atoms with Crippen molar-refractivity contribution in [1.29, 1.82) is 0 Å². The maximum Gasteiger partial charge on any atom is 0.255 e. The van der Waals surface area contributed by atoms with Gasteiger partial charge in [-0.15, -0.1) is 0 Å². The van der Waals surface area contributed by atoms with Crippen molar-refractivity contribution in [2.45, 2.75) is 31.2 Å². The Bertz CT molecular complexity index is 1270. The molecular formula is C23H24N4O5S. The molecule has 0 atom stereocenters. The number of pyridine rings is 1. The van der Waals surface area contributed by atoms with Gasteiger partial charge in [0.25, 0.3) is 5.91 Å². The molecule has 10 heteroatoms. The number of nitrogens with two attached hydrogens (primary N) is 1. The molecule has 2 amide bonds. The number of nitrogens with zero attached hydrogens (tertiary/aromatic N) is 1. The van der Waals surface area contributed by atoms with Crippen LogP contribution in [0.3, 0.4) is 0 Å². The highest BCUT2D eigenvalue weighted by Gasteiger charge is 2.22. The number of primary amides is 1. The molecule has 1 aromatic heterocycles. The Hall–Kier alpha value is -3.76. The van der Waals surface area contributed by atoms with Crippen molar-refractivity contribution >= 4 is 27.5 Å². The first-order valence-corrected chi connectivity index (χ1v) is 11.4. The van der Waals surface area contributed by atoms with E-state index in [9.17, 15) is 18.0 Å². The Morgan fingerprint density at radius 2 is 1.67 bits per heavy atom. The molecule has 0 radical (unpaired) electrons. The molecule has 2 aromatic carbocycles. The van der Waals surface area contributed by atoms with E-state index in [0.29, 0.717) is 17.0 Å². The van der Waals surface area contributed by atoms with Crippen LogP contribution >= 0.6 is 0 Å². The predicted octanol–water partition coefficient (Wildman–Crippen LogP) is 3.30. The fraction of sp³-hybridized carbons (Fsp3) is 0.174. The van der Waals surface area contributed by atoms with E-state index in [0.717, 1.165) is 0 Å². The van der Waals surface area contributed by atoms with Crippen molar-refractivity contribution in [2.24, 2.45) is 5.73 Å². The normalized spacial score (nSPS) is 11.6. The van der Waals surface area contributed by atoms with Gasteiger partial charge < -0.3 is 15.8 Å². The summed E-state index contributed by atoms with van der Waals surface area (Å²) in [7, 11) is -3.69. The molecule has 0 fully saturated rings. The number of rotatable bonds is 7. The number of anilines is 1. The predicted molar refractivity (Wildman–Crippen MR) is 124 cm³/mol. The molecular weight excluding hydrogens is 444 g/mol. The largest absolute Gasteiger partial charge is 0.439 e. The van der Waals surface area contributed by atoms with Crippen LogP contribution in [0.15, 0.2) is 71.8 Å². The van der Waals surface area contributed by atoms with Crippen LogP contribution in [-0.2, 0) is 10.0 Å². The number of hydrogen-bond donors (Lipinski definition) is 3. The molecule has 0 aliphatic rings. The molecule has 3 aromatic rings. The van der Waals surface area contributed by atoms with Crippen molar-refractivity contribution in [1.82, 2.24) is 9.71 Å². The van der Waals surface area contributed by atoms with Crippen LogP contribution in [0.25, 0.3) is 0 Å². The van der Waals surface area contributed by atoms with Crippen molar-refractivity contribution in [3.8, 4) is 11.6 Å². The number of sulfonamides is 1. The van der Waals surface area contributed by atoms with Crippen LogP contribution in [0.5, 0.6) is 11.6 Å². The van der Waals surface area contributed by atoms with Gasteiger partial charge in [0, 0.05) is 22.7 Å². The van der Waals surface area contributed by atoms with E-state index >= 15 is 0 Å². The number of benzene rings is 2. The number of carbonyl (C=O) groups excluding carboxylic acids is 2. The molecule has 33 heavy (non-hydrogen) atoms. The fourth-order valence-corrected chi connectivity index (χ4v) is 4.22. The SMILES string of the molecule is CC(C)(C)NS(=O)(=O)c1ccc(C(=O)Nc2ccc(Oc3cccc(C(N)=O)c3)nc2)cc1. The van der Waals surface area contributed by atoms with Gasteiger partial charge in [-0.1, -0.05) is 6.07 Å². The number of hydrogen-bond acceptors (Lipinski definition) is 6. The van der Waals surface area contributed by atoms with Gasteiger partial charge in [-0.05, 0) is 69.3 Å². The molecule has 0 saturated carbocycles. The highest BCUT2D eigenvalue weighted by molar-refractivity contribution is 7.89. The van der Waals surface area contributed by atoms with Gasteiger partial charge in [0.2, 0.25) is 21.8 Å². The second-order valence-corrected chi connectivity index (χ2v) is 9.90. The first-order chi connectivity index (χ1) is 15.4. The highest BCUT2D eigenvalue weighted by atomic mass is 32.2. The minimum Gasteiger partial charge on any atom is -0.439 e. The van der Waals surface area contributed by atoms with Gasteiger partial charge in [-0.3, -0.25) is 9.59 Å². The quantitative estimate of drug-likeness (QED) is 0.486. The van der Waals surface area contributed by atoms with Gasteiger partial charge in [-0.25, -0.2) is 18.1 Å². The van der Waals surface area contributed by atoms with Crippen LogP contribution in [-0.4, -0.2) is 30.8 Å². The maximum atomic E-state index is 12.5. The molecule has 0 bridgehead atoms. The smallest absolute Gasteiger partial charge is 0.255 e. The minimum absolute atomic E-state index is 0.0672. The zero-order chi connectivity index (χ0) is 24.2. The van der Waals surface area contributed by atoms with Gasteiger partial charge in [-0.2, -0.15) is 0 Å². The molecule has 172 valence electrons. The summed E-state index contributed by atoms with van der Waals surface area (Å²) in [6.07, 6.45) is 1.41. The molecule has 0 aliphatic carbocycles. The first-order valence-electron chi connectivity index (χ1n) is 9.92. The van der Waals surface area contributed by atoms with Crippen LogP contribution in [0.4, 0.5) is 5.69 Å². The number of carbonyl (C=O) groups is 2. The summed E-state index contributed by atoms with van der Waals surface area (Å²) in [6.45, 7) is 5.23. The summed E-state index contributed by atoms with van der Waals surface area (Å²) in [5.74, 6) is -0.336. The Morgan fingerprint density at radius 1 is 0.970 bits per heavy atom. The third-order valence-electron chi connectivity index (χ3n) is 4.20. The zero-order valence-corrected chi connectivity index (χ0v) is 19.1. The lowest BCUT2D eigenvalue weighted by Gasteiger charge is -2.20. The van der Waals surface area contributed by atoms with Gasteiger partial charge in [0.05, 0.1) is 16.8 Å². The topological polar surface area (TPSA) is 140 Å². The number of ether oxygens (including phenoxy) is 1. The van der Waals surface area contributed by atoms with Crippen molar-refractivity contribution in [3.63, 3.8) is 0 Å². The standard InChI is InChI=1S/C23H24N4O5S/c1-23(2,3)27-33(30,31)19-10-7-15(8-11-19)22(29)26-17-9-12-20(25-14-17)32-18-6-4-5-16(13-18)21(24)28/h4-14,27H,1-3H3,(H2,24,28)(H,26,29). The monoisotopic (exact) mass is 468 g/mol. The molecule has 0 aliphatic heterocycles. The van der Waals surface area contributed by atoms with E-state index in [4.69, 9.17) is 10.5 Å². The zero-order valence-electron chi connectivity index (χ0n) is 18.3. The van der Waals surface area contributed by atoms with Crippen molar-refractivity contribution < 1.29 is 22.7 Å². The third-order valence-corrected chi connectivity index (χ3v) is 5.98. The first kappa shape index (κ1) is 23.9. The lowest BCUT2D eigenvalue weighted by molar-refractivity contribution is 0.0997. The van der Waals surface area contributed by atoms with Gasteiger partial charge in [0.1, 0.15) is 5.75 Å². The van der Waals surface area contributed by atoms with Crippen molar-refractivity contribution in [3.05, 3.63) is 78.0 Å². The lowest BCUT2D eigenvalue weighted by atomic mass is 10.1. The highest BCUT2D eigenvalue weighted by Crippen LogP contribution is 2.22. The maximum absolute atomic E-state index is 12.5. The lowest BCUT2D eigenvalue weighted by Crippen LogP contribution is -2.40. The van der Waals surface area contributed by atoms with Gasteiger partial charge >= 0.3 is 0 Å². The molecule has 4 N–H and O–H groups in total. The average molecular weight is 469 g/mol. The van der Waals surface area contributed by atoms with Crippen LogP contribution < -0.4 is 20.5 Å². The Balaban J connectivity index is 1.65. The summed E-state index contributed by atoms with van der Waals surface area (Å²) < 4.78 is 32.9. The van der Waals surface area contributed by atoms with E-state index < -0.39 is 27.4 Å². The van der Waals surface area contributed by atoms with E-state index in [2.05, 4.69) is 15.0 Å². The second-order valence-electron chi connectivity index (χ2n) is 8.21. The fourth-order valence-electron chi connectivity index (χ4n) is 2.80. The molecule has 0 saturated heterocycles. The molecule has 1 heterocycles. The molecule has 9 nitrogen and oxygen atoms in total. The number of amides is 2. The third kappa shape index (κ3) is 6.61. The van der Waals surface area contributed by atoms with Crippen LogP contribution in [0.2, 0.25) is 0 Å². The average Bonchev–Trinajstić information content (AvgIpc) is 2.74. The summed E-state index contributed by atoms with van der Waals surface area (Å²) in [6, 6.07) is 15.1. The van der Waals surface area contributed by atoms with Crippen LogP contribution in [0.1, 0.15) is 41.5 Å². The minimum atomic E-state index is -3.69. The van der Waals surface area contributed by atoms with E-state index in [1.165, 1.54) is 36.5 Å². The Morgan fingerprint density at radius 3 is 2.24 bits per heavy atom. The van der Waals surface area contributed by atoms with Crippen LogP contribution in [0, 0.1) is 0 Å². The van der Waals surface area contributed by atoms with Gasteiger partial charge in [0.15, 0.2) is 0 Å². The molecule has 0 unspecified atom stereocenters. The Kier molecular flexibility index (Phi) is 6.80.